The number of carbonyl (C=O) groups is 2. The van der Waals surface area contributed by atoms with Gasteiger partial charge in [-0.15, -0.1) is 0 Å². The van der Waals surface area contributed by atoms with Crippen molar-refractivity contribution in [2.75, 3.05) is 26.2 Å². The maximum absolute atomic E-state index is 12.0. The Bertz CT molecular complexity index is 404. The fourth-order valence-electron chi connectivity index (χ4n) is 2.87. The summed E-state index contributed by atoms with van der Waals surface area (Å²) in [7, 11) is 0. The fourth-order valence-corrected chi connectivity index (χ4v) is 2.87. The molecule has 0 saturated carbocycles. The first-order valence-electron chi connectivity index (χ1n) is 8.53. The van der Waals surface area contributed by atoms with E-state index in [2.05, 4.69) is 29.4 Å². The molecule has 0 bridgehead atoms. The molecule has 0 aromatic carbocycles. The van der Waals surface area contributed by atoms with E-state index in [4.69, 9.17) is 4.74 Å². The zero-order valence-electron chi connectivity index (χ0n) is 15.4. The van der Waals surface area contributed by atoms with E-state index in [1.54, 1.807) is 0 Å². The van der Waals surface area contributed by atoms with Crippen LogP contribution in [-0.4, -0.2) is 54.7 Å². The van der Waals surface area contributed by atoms with E-state index in [9.17, 15) is 9.59 Å². The van der Waals surface area contributed by atoms with Crippen LogP contribution in [0.25, 0.3) is 0 Å². The van der Waals surface area contributed by atoms with Crippen molar-refractivity contribution in [3.8, 4) is 0 Å². The number of alkyl carbamates (subject to hydrolysis) is 1. The zero-order valence-corrected chi connectivity index (χ0v) is 15.4. The molecule has 1 heterocycles. The predicted molar refractivity (Wildman–Crippen MR) is 91.2 cm³/mol. The Labute approximate surface area is 140 Å². The highest BCUT2D eigenvalue weighted by atomic mass is 16.6. The van der Waals surface area contributed by atoms with Gasteiger partial charge in [-0.2, -0.15) is 0 Å². The van der Waals surface area contributed by atoms with E-state index in [0.717, 1.165) is 26.1 Å². The molecule has 1 saturated heterocycles. The van der Waals surface area contributed by atoms with E-state index in [1.807, 2.05) is 20.8 Å². The van der Waals surface area contributed by atoms with Crippen LogP contribution in [0.1, 0.15) is 48.0 Å². The minimum Gasteiger partial charge on any atom is -0.444 e. The number of rotatable bonds is 5. The molecule has 23 heavy (non-hydrogen) atoms. The van der Waals surface area contributed by atoms with Crippen LogP contribution in [-0.2, 0) is 9.53 Å². The first-order valence-corrected chi connectivity index (χ1v) is 8.53. The minimum absolute atomic E-state index is 0.00847. The van der Waals surface area contributed by atoms with E-state index >= 15 is 0 Å². The van der Waals surface area contributed by atoms with Crippen LogP contribution in [0.2, 0.25) is 0 Å². The molecule has 134 valence electrons. The third kappa shape index (κ3) is 8.21. The molecule has 0 spiro atoms. The molecule has 0 aromatic rings. The molecular formula is C17H33N3O3. The molecule has 6 heteroatoms. The highest BCUT2D eigenvalue weighted by Crippen LogP contribution is 2.24. The number of hydrogen-bond donors (Lipinski definition) is 2. The maximum atomic E-state index is 12.0. The molecular weight excluding hydrogens is 294 g/mol. The summed E-state index contributed by atoms with van der Waals surface area (Å²) < 4.78 is 5.36. The van der Waals surface area contributed by atoms with Crippen molar-refractivity contribution in [3.63, 3.8) is 0 Å². The molecule has 2 unspecified atom stereocenters. The van der Waals surface area contributed by atoms with Crippen LogP contribution in [0.5, 0.6) is 0 Å². The Hall–Kier alpha value is -1.30. The van der Waals surface area contributed by atoms with Gasteiger partial charge >= 0.3 is 6.09 Å². The van der Waals surface area contributed by atoms with Gasteiger partial charge in [-0.05, 0) is 39.0 Å². The van der Waals surface area contributed by atoms with Crippen molar-refractivity contribution >= 4 is 12.0 Å². The second-order valence-corrected chi connectivity index (χ2v) is 7.83. The third-order valence-electron chi connectivity index (χ3n) is 4.02. The first-order chi connectivity index (χ1) is 10.6. The maximum Gasteiger partial charge on any atom is 0.407 e. The summed E-state index contributed by atoms with van der Waals surface area (Å²) in [5.74, 6) is 1.08. The van der Waals surface area contributed by atoms with Gasteiger partial charge in [-0.1, -0.05) is 13.8 Å². The monoisotopic (exact) mass is 327 g/mol. The predicted octanol–water partition coefficient (Wildman–Crippen LogP) is 1.99. The van der Waals surface area contributed by atoms with Crippen LogP contribution in [0.4, 0.5) is 4.79 Å². The molecule has 1 aliphatic heterocycles. The smallest absolute Gasteiger partial charge is 0.407 e. The van der Waals surface area contributed by atoms with Crippen molar-refractivity contribution in [2.45, 2.75) is 59.6 Å². The summed E-state index contributed by atoms with van der Waals surface area (Å²) in [5, 5.41) is 5.83. The third-order valence-corrected chi connectivity index (χ3v) is 4.02. The van der Waals surface area contributed by atoms with Crippen LogP contribution in [0.15, 0.2) is 0 Å². The van der Waals surface area contributed by atoms with Gasteiger partial charge in [0.15, 0.2) is 0 Å². The lowest BCUT2D eigenvalue weighted by Crippen LogP contribution is -2.53. The Balaban J connectivity index is 2.56. The van der Waals surface area contributed by atoms with Gasteiger partial charge in [-0.25, -0.2) is 4.79 Å². The van der Waals surface area contributed by atoms with Gasteiger partial charge in [0.1, 0.15) is 5.60 Å². The lowest BCUT2D eigenvalue weighted by molar-refractivity contribution is -0.119. The van der Waals surface area contributed by atoms with Crippen LogP contribution < -0.4 is 10.6 Å². The van der Waals surface area contributed by atoms with Gasteiger partial charge < -0.3 is 15.4 Å². The quantitative estimate of drug-likeness (QED) is 0.810. The lowest BCUT2D eigenvalue weighted by Gasteiger charge is -2.39. The SMILES string of the molecule is CC(=O)NCCN1CC(NC(=O)OC(C)(C)C)CC(C(C)C)C1. The van der Waals surface area contributed by atoms with Gasteiger partial charge in [0.2, 0.25) is 5.91 Å². The molecule has 1 rings (SSSR count). The van der Waals surface area contributed by atoms with Gasteiger partial charge in [0, 0.05) is 39.1 Å². The molecule has 1 fully saturated rings. The number of hydrogen-bond acceptors (Lipinski definition) is 4. The molecule has 2 N–H and O–H groups in total. The molecule has 2 atom stereocenters. The Morgan fingerprint density at radius 1 is 1.26 bits per heavy atom. The van der Waals surface area contributed by atoms with Gasteiger partial charge in [-0.3, -0.25) is 9.69 Å². The van der Waals surface area contributed by atoms with Crippen molar-refractivity contribution in [1.82, 2.24) is 15.5 Å². The van der Waals surface area contributed by atoms with E-state index < -0.39 is 5.60 Å². The molecule has 6 nitrogen and oxygen atoms in total. The molecule has 0 aliphatic carbocycles. The Morgan fingerprint density at radius 2 is 1.91 bits per heavy atom. The van der Waals surface area contributed by atoms with Crippen molar-refractivity contribution in [2.24, 2.45) is 11.8 Å². The topological polar surface area (TPSA) is 70.7 Å². The average molecular weight is 327 g/mol. The first kappa shape index (κ1) is 19.7. The molecule has 0 aromatic heterocycles. The standard InChI is InChI=1S/C17H33N3O3/c1-12(2)14-9-15(19-16(22)23-17(4,5)6)11-20(10-14)8-7-18-13(3)21/h12,14-15H,7-11H2,1-6H3,(H,18,21)(H,19,22). The summed E-state index contributed by atoms with van der Waals surface area (Å²) in [6, 6.07) is 0.0864. The number of likely N-dealkylation sites (tertiary alicyclic amines) is 1. The Morgan fingerprint density at radius 3 is 2.43 bits per heavy atom. The molecule has 2 amide bonds. The largest absolute Gasteiger partial charge is 0.444 e. The van der Waals surface area contributed by atoms with E-state index in [1.165, 1.54) is 6.92 Å². The number of nitrogens with one attached hydrogen (secondary N) is 2. The molecule has 0 radical (unpaired) electrons. The van der Waals surface area contributed by atoms with Gasteiger partial charge in [0.25, 0.3) is 0 Å². The van der Waals surface area contributed by atoms with Crippen LogP contribution >= 0.6 is 0 Å². The zero-order chi connectivity index (χ0) is 17.6. The number of amides is 2. The van der Waals surface area contributed by atoms with Crippen molar-refractivity contribution in [1.29, 1.82) is 0 Å². The summed E-state index contributed by atoms with van der Waals surface area (Å²) >= 11 is 0. The Kier molecular flexibility index (Phi) is 7.32. The molecule has 1 aliphatic rings. The summed E-state index contributed by atoms with van der Waals surface area (Å²) in [5.41, 5.74) is -0.485. The van der Waals surface area contributed by atoms with E-state index in [-0.39, 0.29) is 18.0 Å². The number of ether oxygens (including phenoxy) is 1. The lowest BCUT2D eigenvalue weighted by atomic mass is 9.85. The second-order valence-electron chi connectivity index (χ2n) is 7.83. The van der Waals surface area contributed by atoms with Crippen molar-refractivity contribution in [3.05, 3.63) is 0 Å². The van der Waals surface area contributed by atoms with Crippen LogP contribution in [0, 0.1) is 11.8 Å². The van der Waals surface area contributed by atoms with Crippen molar-refractivity contribution < 1.29 is 14.3 Å². The number of nitrogens with zero attached hydrogens (tertiary/aromatic N) is 1. The minimum atomic E-state index is -0.485. The normalized spacial score (nSPS) is 22.7. The number of piperidine rings is 1. The summed E-state index contributed by atoms with van der Waals surface area (Å²) in [6.07, 6.45) is 0.613. The number of carbonyl (C=O) groups excluding carboxylic acids is 2. The fraction of sp³-hybridized carbons (Fsp3) is 0.882. The van der Waals surface area contributed by atoms with E-state index in [0.29, 0.717) is 18.4 Å². The second kappa shape index (κ2) is 8.52. The highest BCUT2D eigenvalue weighted by molar-refractivity contribution is 5.72. The van der Waals surface area contributed by atoms with Crippen LogP contribution in [0.3, 0.4) is 0 Å². The summed E-state index contributed by atoms with van der Waals surface area (Å²) in [4.78, 5) is 25.3. The average Bonchev–Trinajstić information content (AvgIpc) is 2.35. The highest BCUT2D eigenvalue weighted by Gasteiger charge is 2.30. The summed E-state index contributed by atoms with van der Waals surface area (Å²) in [6.45, 7) is 14.8. The van der Waals surface area contributed by atoms with Gasteiger partial charge in [0.05, 0.1) is 0 Å².